The van der Waals surface area contributed by atoms with Crippen LogP contribution < -0.4 is 5.73 Å². The lowest BCUT2D eigenvalue weighted by Gasteiger charge is -2.09. The molecule has 0 bridgehead atoms. The molecule has 0 fully saturated rings. The predicted molar refractivity (Wildman–Crippen MR) is 40.1 cm³/mol. The van der Waals surface area contributed by atoms with Gasteiger partial charge in [-0.1, -0.05) is 25.2 Å². The van der Waals surface area contributed by atoms with E-state index >= 15 is 0 Å². The van der Waals surface area contributed by atoms with Gasteiger partial charge in [-0.05, 0) is 17.9 Å². The fourth-order valence-corrected chi connectivity index (χ4v) is 1.06. The van der Waals surface area contributed by atoms with E-state index in [-0.39, 0.29) is 0 Å². The third-order valence-corrected chi connectivity index (χ3v) is 1.57. The molecular weight excluding hydrogens is 110 g/mol. The van der Waals surface area contributed by atoms with E-state index in [1.54, 1.807) is 0 Å². The van der Waals surface area contributed by atoms with Crippen molar-refractivity contribution in [2.24, 2.45) is 11.7 Å². The minimum Gasteiger partial charge on any atom is -0.327 e. The van der Waals surface area contributed by atoms with Crippen LogP contribution in [-0.4, -0.2) is 6.54 Å². The quantitative estimate of drug-likeness (QED) is 0.561. The van der Waals surface area contributed by atoms with E-state index in [4.69, 9.17) is 5.73 Å². The molecule has 1 aliphatic carbocycles. The molecular formula is C8H13N. The zero-order chi connectivity index (χ0) is 6.69. The largest absolute Gasteiger partial charge is 0.327 e. The van der Waals surface area contributed by atoms with Crippen LogP contribution in [0, 0.1) is 5.92 Å². The SMILES string of the molecule is CC1C=C(CN)C=CC1. The Morgan fingerprint density at radius 3 is 3.00 bits per heavy atom. The van der Waals surface area contributed by atoms with Crippen molar-refractivity contribution in [3.05, 3.63) is 23.8 Å². The average molecular weight is 123 g/mol. The molecule has 0 saturated heterocycles. The number of rotatable bonds is 1. The Kier molecular flexibility index (Phi) is 2.06. The summed E-state index contributed by atoms with van der Waals surface area (Å²) in [7, 11) is 0. The summed E-state index contributed by atoms with van der Waals surface area (Å²) in [6.45, 7) is 2.89. The lowest BCUT2D eigenvalue weighted by Crippen LogP contribution is -2.05. The first-order chi connectivity index (χ1) is 4.33. The first kappa shape index (κ1) is 6.56. The zero-order valence-electron chi connectivity index (χ0n) is 5.80. The van der Waals surface area contributed by atoms with Crippen molar-refractivity contribution in [1.82, 2.24) is 0 Å². The molecule has 1 aliphatic rings. The molecule has 2 N–H and O–H groups in total. The molecule has 0 radical (unpaired) electrons. The van der Waals surface area contributed by atoms with Crippen LogP contribution in [0.5, 0.6) is 0 Å². The molecule has 1 rings (SSSR count). The second kappa shape index (κ2) is 2.83. The van der Waals surface area contributed by atoms with Gasteiger partial charge in [-0.2, -0.15) is 0 Å². The fourth-order valence-electron chi connectivity index (χ4n) is 1.06. The molecule has 1 unspecified atom stereocenters. The molecule has 9 heavy (non-hydrogen) atoms. The van der Waals surface area contributed by atoms with Gasteiger partial charge >= 0.3 is 0 Å². The maximum atomic E-state index is 5.45. The molecule has 0 amide bonds. The minimum atomic E-state index is 0.681. The van der Waals surface area contributed by atoms with Gasteiger partial charge < -0.3 is 5.73 Å². The van der Waals surface area contributed by atoms with Gasteiger partial charge in [-0.3, -0.25) is 0 Å². The Balaban J connectivity index is 2.59. The van der Waals surface area contributed by atoms with Gasteiger partial charge in [0.2, 0.25) is 0 Å². The van der Waals surface area contributed by atoms with Crippen LogP contribution in [0.25, 0.3) is 0 Å². The highest BCUT2D eigenvalue weighted by molar-refractivity contribution is 5.24. The van der Waals surface area contributed by atoms with E-state index in [0.717, 1.165) is 0 Å². The van der Waals surface area contributed by atoms with Crippen LogP contribution >= 0.6 is 0 Å². The van der Waals surface area contributed by atoms with Gasteiger partial charge in [0, 0.05) is 6.54 Å². The van der Waals surface area contributed by atoms with Crippen LogP contribution in [0.4, 0.5) is 0 Å². The van der Waals surface area contributed by atoms with Gasteiger partial charge in [0.15, 0.2) is 0 Å². The first-order valence-electron chi connectivity index (χ1n) is 3.40. The summed E-state index contributed by atoms with van der Waals surface area (Å²) in [6.07, 6.45) is 7.70. The van der Waals surface area contributed by atoms with Crippen molar-refractivity contribution in [2.45, 2.75) is 13.3 Å². The molecule has 0 aromatic carbocycles. The van der Waals surface area contributed by atoms with E-state index in [0.29, 0.717) is 12.5 Å². The van der Waals surface area contributed by atoms with Crippen LogP contribution in [0.3, 0.4) is 0 Å². The number of hydrogen-bond donors (Lipinski definition) is 1. The highest BCUT2D eigenvalue weighted by atomic mass is 14.5. The fraction of sp³-hybridized carbons (Fsp3) is 0.500. The molecule has 1 nitrogen and oxygen atoms in total. The van der Waals surface area contributed by atoms with Crippen molar-refractivity contribution in [3.8, 4) is 0 Å². The predicted octanol–water partition coefficient (Wildman–Crippen LogP) is 1.47. The first-order valence-corrected chi connectivity index (χ1v) is 3.40. The monoisotopic (exact) mass is 123 g/mol. The maximum absolute atomic E-state index is 5.45. The van der Waals surface area contributed by atoms with Crippen molar-refractivity contribution in [1.29, 1.82) is 0 Å². The summed E-state index contributed by atoms with van der Waals surface area (Å²) in [5.74, 6) is 0.688. The second-order valence-electron chi connectivity index (χ2n) is 2.56. The van der Waals surface area contributed by atoms with E-state index in [9.17, 15) is 0 Å². The summed E-state index contributed by atoms with van der Waals surface area (Å²) in [5.41, 5.74) is 6.72. The third kappa shape index (κ3) is 1.68. The summed E-state index contributed by atoms with van der Waals surface area (Å²) < 4.78 is 0. The molecule has 0 aromatic heterocycles. The Morgan fingerprint density at radius 1 is 1.78 bits per heavy atom. The molecule has 0 saturated carbocycles. The van der Waals surface area contributed by atoms with Crippen molar-refractivity contribution in [3.63, 3.8) is 0 Å². The third-order valence-electron chi connectivity index (χ3n) is 1.57. The summed E-state index contributed by atoms with van der Waals surface area (Å²) in [4.78, 5) is 0. The Labute approximate surface area is 56.2 Å². The van der Waals surface area contributed by atoms with Gasteiger partial charge in [0.1, 0.15) is 0 Å². The number of allylic oxidation sites excluding steroid dienone is 2. The topological polar surface area (TPSA) is 26.0 Å². The van der Waals surface area contributed by atoms with Gasteiger partial charge in [0.05, 0.1) is 0 Å². The highest BCUT2D eigenvalue weighted by Crippen LogP contribution is 2.14. The van der Waals surface area contributed by atoms with Gasteiger partial charge in [-0.15, -0.1) is 0 Å². The lowest BCUT2D eigenvalue weighted by molar-refractivity contribution is 0.726. The van der Waals surface area contributed by atoms with Gasteiger partial charge in [0.25, 0.3) is 0 Å². The van der Waals surface area contributed by atoms with Crippen LogP contribution in [0.1, 0.15) is 13.3 Å². The smallest absolute Gasteiger partial charge is 0.0174 e. The standard InChI is InChI=1S/C8H13N/c1-7-3-2-4-8(5-7)6-9/h2,4-5,7H,3,6,9H2,1H3. The van der Waals surface area contributed by atoms with Crippen LogP contribution in [-0.2, 0) is 0 Å². The van der Waals surface area contributed by atoms with E-state index in [1.165, 1.54) is 12.0 Å². The minimum absolute atomic E-state index is 0.681. The Morgan fingerprint density at radius 2 is 2.56 bits per heavy atom. The molecule has 0 heterocycles. The van der Waals surface area contributed by atoms with Crippen LogP contribution in [0.15, 0.2) is 23.8 Å². The number of hydrogen-bond acceptors (Lipinski definition) is 1. The lowest BCUT2D eigenvalue weighted by atomic mass is 9.98. The maximum Gasteiger partial charge on any atom is 0.0174 e. The molecule has 0 spiro atoms. The Bertz CT molecular complexity index is 145. The highest BCUT2D eigenvalue weighted by Gasteiger charge is 2.00. The van der Waals surface area contributed by atoms with Crippen molar-refractivity contribution >= 4 is 0 Å². The molecule has 0 aromatic rings. The van der Waals surface area contributed by atoms with Crippen LogP contribution in [0.2, 0.25) is 0 Å². The second-order valence-corrected chi connectivity index (χ2v) is 2.56. The van der Waals surface area contributed by atoms with Gasteiger partial charge in [-0.25, -0.2) is 0 Å². The van der Waals surface area contributed by atoms with Crippen molar-refractivity contribution < 1.29 is 0 Å². The summed E-state index contributed by atoms with van der Waals surface area (Å²) in [6, 6.07) is 0. The van der Waals surface area contributed by atoms with Crippen molar-refractivity contribution in [2.75, 3.05) is 6.54 Å². The molecule has 0 aliphatic heterocycles. The Hall–Kier alpha value is -0.560. The zero-order valence-corrected chi connectivity index (χ0v) is 5.80. The van der Waals surface area contributed by atoms with E-state index in [1.807, 2.05) is 0 Å². The normalized spacial score (nSPS) is 26.0. The van der Waals surface area contributed by atoms with E-state index < -0.39 is 0 Å². The molecule has 1 heteroatoms. The molecule has 1 atom stereocenters. The molecule has 50 valence electrons. The average Bonchev–Trinajstić information content (AvgIpc) is 1.88. The summed E-state index contributed by atoms with van der Waals surface area (Å²) in [5, 5.41) is 0. The van der Waals surface area contributed by atoms with E-state index in [2.05, 4.69) is 25.2 Å². The summed E-state index contributed by atoms with van der Waals surface area (Å²) >= 11 is 0. The number of nitrogens with two attached hydrogens (primary N) is 1.